The van der Waals surface area contributed by atoms with Crippen LogP contribution in [0.1, 0.15) is 58.3 Å². The molecule has 1 nitrogen and oxygen atoms in total. The first kappa shape index (κ1) is 13.4. The number of rotatable bonds is 5. The molecule has 1 aliphatic rings. The Balaban J connectivity index is 0.00000144. The number of nitrogens with one attached hydrogen (secondary N) is 1. The van der Waals surface area contributed by atoms with Crippen LogP contribution in [0, 0.1) is 0 Å². The molecule has 0 saturated carbocycles. The van der Waals surface area contributed by atoms with Crippen LogP contribution < -0.4 is 5.32 Å². The van der Waals surface area contributed by atoms with Gasteiger partial charge in [0.05, 0.1) is 0 Å². The van der Waals surface area contributed by atoms with Gasteiger partial charge in [-0.25, -0.2) is 0 Å². The molecule has 0 aromatic heterocycles. The van der Waals surface area contributed by atoms with Gasteiger partial charge in [-0.05, 0) is 25.8 Å². The lowest BCUT2D eigenvalue weighted by molar-refractivity contribution is 0.371. The van der Waals surface area contributed by atoms with Crippen LogP contribution in [-0.2, 0) is 0 Å². The van der Waals surface area contributed by atoms with Crippen LogP contribution in [0.5, 0.6) is 0 Å². The molecule has 1 heterocycles. The Hall–Kier alpha value is 0.440. The van der Waals surface area contributed by atoms with Gasteiger partial charge in [0.1, 0.15) is 0 Å². The van der Waals surface area contributed by atoms with E-state index >= 15 is 0 Å². The van der Waals surface area contributed by atoms with Gasteiger partial charge in [-0.3, -0.25) is 0 Å². The Morgan fingerprint density at radius 1 is 1.15 bits per heavy atom. The minimum atomic E-state index is 0. The van der Waals surface area contributed by atoms with Gasteiger partial charge < -0.3 is 5.32 Å². The van der Waals surface area contributed by atoms with Crippen molar-refractivity contribution >= 4 is 17.0 Å². The molecule has 80 valence electrons. The fraction of sp³-hybridized carbons (Fsp3) is 1.00. The summed E-state index contributed by atoms with van der Waals surface area (Å²) in [6, 6.07) is 0.857. The zero-order valence-electron chi connectivity index (χ0n) is 8.85. The van der Waals surface area contributed by atoms with E-state index < -0.39 is 0 Å². The molecule has 0 aromatic rings. The fourth-order valence-corrected chi connectivity index (χ4v) is 1.99. The van der Waals surface area contributed by atoms with E-state index in [9.17, 15) is 0 Å². The van der Waals surface area contributed by atoms with Crippen LogP contribution in [0.3, 0.4) is 0 Å². The van der Waals surface area contributed by atoms with Crippen LogP contribution in [0.15, 0.2) is 0 Å². The number of piperidine rings is 1. The van der Waals surface area contributed by atoms with E-state index in [4.69, 9.17) is 0 Å². The fourth-order valence-electron chi connectivity index (χ4n) is 1.99. The summed E-state index contributed by atoms with van der Waals surface area (Å²) in [7, 11) is 0. The molecule has 1 rings (SSSR count). The lowest BCUT2D eigenvalue weighted by atomic mass is 9.99. The average Bonchev–Trinajstić information content (AvgIpc) is 2.14. The molecule has 1 unspecified atom stereocenters. The Morgan fingerprint density at radius 3 is 2.62 bits per heavy atom. The molecule has 0 amide bonds. The zero-order valence-corrected chi connectivity index (χ0v) is 10.6. The Morgan fingerprint density at radius 2 is 2.00 bits per heavy atom. The second kappa shape index (κ2) is 9.01. The van der Waals surface area contributed by atoms with Crippen molar-refractivity contribution in [1.29, 1.82) is 0 Å². The quantitative estimate of drug-likeness (QED) is 0.734. The summed E-state index contributed by atoms with van der Waals surface area (Å²) in [5.41, 5.74) is 0. The summed E-state index contributed by atoms with van der Waals surface area (Å²) < 4.78 is 0. The largest absolute Gasteiger partial charge is 0.314 e. The first-order valence-corrected chi connectivity index (χ1v) is 5.67. The molecule has 13 heavy (non-hydrogen) atoms. The summed E-state index contributed by atoms with van der Waals surface area (Å²) in [5.74, 6) is 0. The van der Waals surface area contributed by atoms with Gasteiger partial charge in [-0.2, -0.15) is 0 Å². The minimum Gasteiger partial charge on any atom is -0.314 e. The first-order chi connectivity index (χ1) is 5.93. The molecule has 0 aliphatic carbocycles. The van der Waals surface area contributed by atoms with E-state index in [1.54, 1.807) is 0 Å². The average molecular weight is 250 g/mol. The SMILES string of the molecule is Br.CCCCCCC1CCCCN1. The van der Waals surface area contributed by atoms with Gasteiger partial charge in [0.2, 0.25) is 0 Å². The monoisotopic (exact) mass is 249 g/mol. The third kappa shape index (κ3) is 6.50. The Bertz CT molecular complexity index is 100. The smallest absolute Gasteiger partial charge is 0.00670 e. The molecular weight excluding hydrogens is 226 g/mol. The zero-order chi connectivity index (χ0) is 8.65. The molecule has 0 spiro atoms. The molecule has 0 radical (unpaired) electrons. The maximum absolute atomic E-state index is 3.60. The lowest BCUT2D eigenvalue weighted by Gasteiger charge is -2.23. The normalized spacial score (nSPS) is 22.4. The van der Waals surface area contributed by atoms with Crippen molar-refractivity contribution in [2.24, 2.45) is 0 Å². The second-order valence-corrected chi connectivity index (χ2v) is 4.00. The molecule has 1 atom stereocenters. The van der Waals surface area contributed by atoms with E-state index in [0.717, 1.165) is 6.04 Å². The highest BCUT2D eigenvalue weighted by molar-refractivity contribution is 8.93. The number of halogens is 1. The minimum absolute atomic E-state index is 0. The molecule has 1 N–H and O–H groups in total. The van der Waals surface area contributed by atoms with Crippen molar-refractivity contribution in [3.8, 4) is 0 Å². The van der Waals surface area contributed by atoms with Gasteiger partial charge in [-0.15, -0.1) is 17.0 Å². The topological polar surface area (TPSA) is 12.0 Å². The second-order valence-electron chi connectivity index (χ2n) is 4.00. The van der Waals surface area contributed by atoms with Gasteiger partial charge >= 0.3 is 0 Å². The van der Waals surface area contributed by atoms with Crippen molar-refractivity contribution in [1.82, 2.24) is 5.32 Å². The highest BCUT2D eigenvalue weighted by atomic mass is 79.9. The van der Waals surface area contributed by atoms with Crippen molar-refractivity contribution < 1.29 is 0 Å². The third-order valence-electron chi connectivity index (χ3n) is 2.82. The third-order valence-corrected chi connectivity index (χ3v) is 2.82. The summed E-state index contributed by atoms with van der Waals surface area (Å²) in [5, 5.41) is 3.60. The van der Waals surface area contributed by atoms with Crippen LogP contribution in [0.2, 0.25) is 0 Å². The standard InChI is InChI=1S/C11H23N.BrH/c1-2-3-4-5-8-11-9-6-7-10-12-11;/h11-12H,2-10H2,1H3;1H. The van der Waals surface area contributed by atoms with E-state index in [0.29, 0.717) is 0 Å². The number of hydrogen-bond acceptors (Lipinski definition) is 1. The van der Waals surface area contributed by atoms with E-state index in [1.807, 2.05) is 0 Å². The Labute approximate surface area is 93.4 Å². The first-order valence-electron chi connectivity index (χ1n) is 5.67. The maximum Gasteiger partial charge on any atom is 0.00670 e. The molecule has 1 aliphatic heterocycles. The Kier molecular flexibility index (Phi) is 9.32. The van der Waals surface area contributed by atoms with E-state index in [2.05, 4.69) is 12.2 Å². The maximum atomic E-state index is 3.60. The summed E-state index contributed by atoms with van der Waals surface area (Å²) in [4.78, 5) is 0. The van der Waals surface area contributed by atoms with E-state index in [1.165, 1.54) is 57.9 Å². The van der Waals surface area contributed by atoms with Gasteiger partial charge in [-0.1, -0.05) is 39.0 Å². The van der Waals surface area contributed by atoms with Gasteiger partial charge in [0.25, 0.3) is 0 Å². The van der Waals surface area contributed by atoms with Crippen molar-refractivity contribution in [2.75, 3.05) is 6.54 Å². The molecule has 0 aromatic carbocycles. The van der Waals surface area contributed by atoms with Gasteiger partial charge in [0, 0.05) is 6.04 Å². The summed E-state index contributed by atoms with van der Waals surface area (Å²) >= 11 is 0. The van der Waals surface area contributed by atoms with Crippen molar-refractivity contribution in [2.45, 2.75) is 64.3 Å². The van der Waals surface area contributed by atoms with Crippen LogP contribution in [0.4, 0.5) is 0 Å². The summed E-state index contributed by atoms with van der Waals surface area (Å²) in [6.45, 7) is 3.54. The highest BCUT2D eigenvalue weighted by Gasteiger charge is 2.10. The van der Waals surface area contributed by atoms with Crippen molar-refractivity contribution in [3.05, 3.63) is 0 Å². The summed E-state index contributed by atoms with van der Waals surface area (Å²) in [6.07, 6.45) is 11.3. The lowest BCUT2D eigenvalue weighted by Crippen LogP contribution is -2.33. The van der Waals surface area contributed by atoms with E-state index in [-0.39, 0.29) is 17.0 Å². The van der Waals surface area contributed by atoms with Gasteiger partial charge in [0.15, 0.2) is 0 Å². The molecule has 1 fully saturated rings. The molecule has 0 bridgehead atoms. The van der Waals surface area contributed by atoms with Crippen LogP contribution in [-0.4, -0.2) is 12.6 Å². The highest BCUT2D eigenvalue weighted by Crippen LogP contribution is 2.13. The molecule has 2 heteroatoms. The van der Waals surface area contributed by atoms with Crippen molar-refractivity contribution in [3.63, 3.8) is 0 Å². The number of unbranched alkanes of at least 4 members (excludes halogenated alkanes) is 3. The molecule has 1 saturated heterocycles. The van der Waals surface area contributed by atoms with Crippen LogP contribution in [0.25, 0.3) is 0 Å². The molecular formula is C11H24BrN. The predicted molar refractivity (Wildman–Crippen MR) is 64.7 cm³/mol. The van der Waals surface area contributed by atoms with Crippen LogP contribution >= 0.6 is 17.0 Å². The number of hydrogen-bond donors (Lipinski definition) is 1. The predicted octanol–water partition coefficient (Wildman–Crippen LogP) is 3.68.